The predicted octanol–water partition coefficient (Wildman–Crippen LogP) is 1.11. The van der Waals surface area contributed by atoms with Crippen molar-refractivity contribution in [2.75, 3.05) is 20.7 Å². The van der Waals surface area contributed by atoms with Gasteiger partial charge in [0.05, 0.1) is 18.6 Å². The maximum Gasteiger partial charge on any atom is 0.267 e. The van der Waals surface area contributed by atoms with Gasteiger partial charge in [-0.2, -0.15) is 0 Å². The zero-order chi connectivity index (χ0) is 11.4. The number of likely N-dealkylation sites (N-methyl/N-ethyl adjacent to an activating group) is 1. The Bertz CT molecular complexity index is 376. The van der Waals surface area contributed by atoms with E-state index in [1.54, 1.807) is 18.5 Å². The monoisotopic (exact) mass is 244 g/mol. The summed E-state index contributed by atoms with van der Waals surface area (Å²) < 4.78 is 5.06. The molecule has 82 valence electrons. The molecule has 1 aromatic heterocycles. The van der Waals surface area contributed by atoms with Gasteiger partial charge in [0.1, 0.15) is 10.6 Å². The molecule has 1 rings (SSSR count). The van der Waals surface area contributed by atoms with Gasteiger partial charge < -0.3 is 15.4 Å². The van der Waals surface area contributed by atoms with E-state index in [-0.39, 0.29) is 12.5 Å². The molecular formula is C9H12N2O2S2. The number of hydrogen-bond acceptors (Lipinski definition) is 4. The predicted molar refractivity (Wildman–Crippen MR) is 64.6 cm³/mol. The summed E-state index contributed by atoms with van der Waals surface area (Å²) in [5.74, 6) is 0.453. The first-order valence-electron chi connectivity index (χ1n) is 4.21. The molecule has 6 heteroatoms. The Balaban J connectivity index is 2.80. The van der Waals surface area contributed by atoms with Gasteiger partial charge in [0.25, 0.3) is 5.91 Å². The van der Waals surface area contributed by atoms with Crippen molar-refractivity contribution in [2.45, 2.75) is 0 Å². The van der Waals surface area contributed by atoms with Crippen LogP contribution in [0.4, 0.5) is 0 Å². The number of amides is 1. The molecule has 0 aromatic carbocycles. The zero-order valence-corrected chi connectivity index (χ0v) is 10.2. The number of methoxy groups -OCH3 is 1. The molecule has 0 radical (unpaired) electrons. The lowest BCUT2D eigenvalue weighted by Crippen LogP contribution is -2.34. The Labute approximate surface area is 97.6 Å². The third-order valence-electron chi connectivity index (χ3n) is 1.78. The molecule has 1 aromatic rings. The molecular weight excluding hydrogens is 232 g/mol. The van der Waals surface area contributed by atoms with Gasteiger partial charge in [-0.3, -0.25) is 4.79 Å². The standard InChI is InChI=1S/C9H12N2O2S2/c1-11(5-7(10)14)9(12)8-6(13-2)3-4-15-8/h3-4H,5H2,1-2H3,(H2,10,14). The first-order valence-corrected chi connectivity index (χ1v) is 5.50. The first kappa shape index (κ1) is 11.9. The van der Waals surface area contributed by atoms with E-state index in [0.717, 1.165) is 0 Å². The van der Waals surface area contributed by atoms with Crippen molar-refractivity contribution in [2.24, 2.45) is 5.73 Å². The maximum absolute atomic E-state index is 11.9. The molecule has 0 saturated carbocycles. The number of carbonyl (C=O) groups is 1. The Morgan fingerprint density at radius 1 is 1.73 bits per heavy atom. The van der Waals surface area contributed by atoms with Crippen LogP contribution in [-0.4, -0.2) is 36.5 Å². The fourth-order valence-corrected chi connectivity index (χ4v) is 2.14. The zero-order valence-electron chi connectivity index (χ0n) is 8.52. The van der Waals surface area contributed by atoms with Crippen LogP contribution in [0.1, 0.15) is 9.67 Å². The van der Waals surface area contributed by atoms with Gasteiger partial charge in [0.2, 0.25) is 0 Å². The molecule has 0 bridgehead atoms. The lowest BCUT2D eigenvalue weighted by atomic mass is 10.3. The van der Waals surface area contributed by atoms with E-state index < -0.39 is 0 Å². The van der Waals surface area contributed by atoms with Crippen LogP contribution >= 0.6 is 23.6 Å². The number of carbonyl (C=O) groups excluding carboxylic acids is 1. The number of rotatable bonds is 4. The number of nitrogens with two attached hydrogens (primary N) is 1. The van der Waals surface area contributed by atoms with Crippen LogP contribution in [0.3, 0.4) is 0 Å². The quantitative estimate of drug-likeness (QED) is 0.806. The van der Waals surface area contributed by atoms with Crippen LogP contribution in [0.25, 0.3) is 0 Å². The van der Waals surface area contributed by atoms with Crippen LogP contribution in [0.15, 0.2) is 11.4 Å². The number of hydrogen-bond donors (Lipinski definition) is 1. The second kappa shape index (κ2) is 5.09. The Kier molecular flexibility index (Phi) is 4.05. The van der Waals surface area contributed by atoms with Crippen LogP contribution in [0, 0.1) is 0 Å². The Morgan fingerprint density at radius 2 is 2.40 bits per heavy atom. The van der Waals surface area contributed by atoms with E-state index >= 15 is 0 Å². The maximum atomic E-state index is 11.9. The molecule has 15 heavy (non-hydrogen) atoms. The minimum atomic E-state index is -0.130. The summed E-state index contributed by atoms with van der Waals surface area (Å²) in [6.07, 6.45) is 0. The molecule has 0 atom stereocenters. The molecule has 0 saturated heterocycles. The third kappa shape index (κ3) is 2.90. The molecule has 0 unspecified atom stereocenters. The summed E-state index contributed by atoms with van der Waals surface area (Å²) in [7, 11) is 3.19. The van der Waals surface area contributed by atoms with Gasteiger partial charge in [-0.05, 0) is 11.4 Å². The van der Waals surface area contributed by atoms with Gasteiger partial charge >= 0.3 is 0 Å². The van der Waals surface area contributed by atoms with E-state index in [1.807, 2.05) is 0 Å². The van der Waals surface area contributed by atoms with Gasteiger partial charge in [-0.25, -0.2) is 0 Å². The normalized spacial score (nSPS) is 9.73. The summed E-state index contributed by atoms with van der Waals surface area (Å²) in [4.78, 5) is 14.2. The largest absolute Gasteiger partial charge is 0.495 e. The molecule has 4 nitrogen and oxygen atoms in total. The lowest BCUT2D eigenvalue weighted by Gasteiger charge is -2.15. The minimum absolute atomic E-state index is 0.130. The molecule has 0 fully saturated rings. The van der Waals surface area contributed by atoms with Crippen molar-refractivity contribution in [3.05, 3.63) is 16.3 Å². The smallest absolute Gasteiger partial charge is 0.267 e. The molecule has 0 aliphatic rings. The average molecular weight is 244 g/mol. The fraction of sp³-hybridized carbons (Fsp3) is 0.333. The van der Waals surface area contributed by atoms with Crippen LogP contribution in [-0.2, 0) is 0 Å². The van der Waals surface area contributed by atoms with E-state index in [1.165, 1.54) is 23.3 Å². The van der Waals surface area contributed by atoms with Gasteiger partial charge in [-0.15, -0.1) is 11.3 Å². The van der Waals surface area contributed by atoms with Crippen LogP contribution in [0.2, 0.25) is 0 Å². The van der Waals surface area contributed by atoms with Crippen molar-refractivity contribution in [3.8, 4) is 5.75 Å². The minimum Gasteiger partial charge on any atom is -0.495 e. The fourth-order valence-electron chi connectivity index (χ4n) is 1.09. The summed E-state index contributed by atoms with van der Waals surface area (Å²) in [5.41, 5.74) is 5.36. The highest BCUT2D eigenvalue weighted by atomic mass is 32.1. The average Bonchev–Trinajstić information content (AvgIpc) is 2.62. The van der Waals surface area contributed by atoms with E-state index in [0.29, 0.717) is 15.6 Å². The van der Waals surface area contributed by atoms with Gasteiger partial charge in [0, 0.05) is 7.05 Å². The third-order valence-corrected chi connectivity index (χ3v) is 2.80. The highest BCUT2D eigenvalue weighted by Crippen LogP contribution is 2.25. The van der Waals surface area contributed by atoms with Crippen LogP contribution < -0.4 is 10.5 Å². The topological polar surface area (TPSA) is 55.6 Å². The first-order chi connectivity index (χ1) is 7.06. The van der Waals surface area contributed by atoms with Gasteiger partial charge in [-0.1, -0.05) is 12.2 Å². The Hall–Kier alpha value is -1.14. The number of nitrogens with zero attached hydrogens (tertiary/aromatic N) is 1. The molecule has 2 N–H and O–H groups in total. The molecule has 1 heterocycles. The van der Waals surface area contributed by atoms with Crippen molar-refractivity contribution in [1.82, 2.24) is 4.90 Å². The molecule has 1 amide bonds. The lowest BCUT2D eigenvalue weighted by molar-refractivity contribution is 0.0817. The van der Waals surface area contributed by atoms with E-state index in [4.69, 9.17) is 22.7 Å². The second-order valence-electron chi connectivity index (χ2n) is 2.95. The van der Waals surface area contributed by atoms with Gasteiger partial charge in [0.15, 0.2) is 0 Å². The van der Waals surface area contributed by atoms with Crippen molar-refractivity contribution in [3.63, 3.8) is 0 Å². The number of ether oxygens (including phenoxy) is 1. The van der Waals surface area contributed by atoms with Crippen molar-refractivity contribution >= 4 is 34.5 Å². The van der Waals surface area contributed by atoms with E-state index in [2.05, 4.69) is 0 Å². The molecule has 0 aliphatic carbocycles. The van der Waals surface area contributed by atoms with Crippen molar-refractivity contribution in [1.29, 1.82) is 0 Å². The van der Waals surface area contributed by atoms with E-state index in [9.17, 15) is 4.79 Å². The summed E-state index contributed by atoms with van der Waals surface area (Å²) >= 11 is 6.08. The summed E-state index contributed by atoms with van der Waals surface area (Å²) in [6, 6.07) is 1.76. The summed E-state index contributed by atoms with van der Waals surface area (Å²) in [6.45, 7) is 0.273. The number of thiocarbonyl (C=S) groups is 1. The molecule has 0 spiro atoms. The van der Waals surface area contributed by atoms with Crippen LogP contribution in [0.5, 0.6) is 5.75 Å². The second-order valence-corrected chi connectivity index (χ2v) is 4.39. The Morgan fingerprint density at radius 3 is 2.93 bits per heavy atom. The SMILES string of the molecule is COc1ccsc1C(=O)N(C)CC(N)=S. The molecule has 0 aliphatic heterocycles. The highest BCUT2D eigenvalue weighted by molar-refractivity contribution is 7.80. The highest BCUT2D eigenvalue weighted by Gasteiger charge is 2.18. The van der Waals surface area contributed by atoms with Crippen molar-refractivity contribution < 1.29 is 9.53 Å². The summed E-state index contributed by atoms with van der Waals surface area (Å²) in [5, 5.41) is 1.81. The number of thiophene rings is 1.